The van der Waals surface area contributed by atoms with Crippen LogP contribution in [-0.4, -0.2) is 65.8 Å². The van der Waals surface area contributed by atoms with Gasteiger partial charge in [0.25, 0.3) is 0 Å². The van der Waals surface area contributed by atoms with E-state index in [0.29, 0.717) is 23.9 Å². The van der Waals surface area contributed by atoms with Crippen molar-refractivity contribution in [2.24, 2.45) is 11.8 Å². The van der Waals surface area contributed by atoms with Gasteiger partial charge in [0.15, 0.2) is 0 Å². The zero-order valence-corrected chi connectivity index (χ0v) is 24.9. The molecule has 1 saturated carbocycles. The van der Waals surface area contributed by atoms with Gasteiger partial charge in [-0.25, -0.2) is 0 Å². The molecule has 1 N–H and O–H groups in total. The number of para-hydroxylation sites is 2. The molecule has 3 fully saturated rings. The molecule has 43 heavy (non-hydrogen) atoms. The highest BCUT2D eigenvalue weighted by atomic mass is 16.5. The lowest BCUT2D eigenvalue weighted by Crippen LogP contribution is -2.67. The number of nitrogens with zero attached hydrogens (tertiary/aromatic N) is 3. The van der Waals surface area contributed by atoms with Crippen molar-refractivity contribution in [1.82, 2.24) is 14.8 Å². The van der Waals surface area contributed by atoms with Gasteiger partial charge in [0.05, 0.1) is 30.1 Å². The van der Waals surface area contributed by atoms with E-state index >= 15 is 0 Å². The molecule has 2 saturated heterocycles. The first-order chi connectivity index (χ1) is 21.2. The molecule has 216 valence electrons. The van der Waals surface area contributed by atoms with E-state index in [0.717, 1.165) is 39.1 Å². The first kappa shape index (κ1) is 23.9. The lowest BCUT2D eigenvalue weighted by Gasteiger charge is -2.59. The fourth-order valence-electron chi connectivity index (χ4n) is 11.3. The van der Waals surface area contributed by atoms with E-state index in [4.69, 9.17) is 4.74 Å². The molecule has 11 rings (SSSR count). The van der Waals surface area contributed by atoms with Crippen LogP contribution in [0.25, 0.3) is 16.6 Å². The standard InChI is InChI=1S/C38H38N4O/c1-2-22-19-40-14-11-25-24-7-3-5-9-30(24)39-35(25)32(40)17-26(22)28-21-42-31-10-6-4-8-29(31)38-13-15-41-20-23-12-16-43-36(28)34(37(38)42)27(23)18-33(38)41/h3-10,12,17,21,27,33-34,36-37,39H,2,11,13-16,18-20H2,1H3. The van der Waals surface area contributed by atoms with Crippen LogP contribution in [0.3, 0.4) is 0 Å². The minimum atomic E-state index is 0.130. The summed E-state index contributed by atoms with van der Waals surface area (Å²) in [5.41, 5.74) is 14.8. The van der Waals surface area contributed by atoms with Gasteiger partial charge in [-0.05, 0) is 78.6 Å². The summed E-state index contributed by atoms with van der Waals surface area (Å²) in [6, 6.07) is 19.4. The maximum absolute atomic E-state index is 7.06. The topological polar surface area (TPSA) is 34.7 Å². The third-order valence-electron chi connectivity index (χ3n) is 12.9. The molecular formula is C38H38N4O. The van der Waals surface area contributed by atoms with Crippen LogP contribution in [-0.2, 0) is 16.6 Å². The Morgan fingerprint density at radius 3 is 2.91 bits per heavy atom. The van der Waals surface area contributed by atoms with Crippen LogP contribution in [0.4, 0.5) is 5.69 Å². The quantitative estimate of drug-likeness (QED) is 0.377. The monoisotopic (exact) mass is 566 g/mol. The predicted molar refractivity (Wildman–Crippen MR) is 171 cm³/mol. The number of nitrogens with one attached hydrogen (secondary N) is 1. The number of hydrogen-bond donors (Lipinski definition) is 1. The van der Waals surface area contributed by atoms with Crippen LogP contribution in [0.1, 0.15) is 43.0 Å². The zero-order chi connectivity index (χ0) is 28.0. The number of allylic oxidation sites excluding steroid dienone is 1. The normalized spacial score (nSPS) is 34.8. The molecule has 2 bridgehead atoms. The van der Waals surface area contributed by atoms with Gasteiger partial charge < -0.3 is 19.5 Å². The maximum atomic E-state index is 7.06. The molecule has 0 radical (unpaired) electrons. The third-order valence-corrected chi connectivity index (χ3v) is 12.9. The molecule has 0 amide bonds. The van der Waals surface area contributed by atoms with Gasteiger partial charge in [0.2, 0.25) is 0 Å². The number of piperidine rings is 1. The molecule has 5 nitrogen and oxygen atoms in total. The molecule has 8 aliphatic rings. The number of hydrogen-bond acceptors (Lipinski definition) is 4. The summed E-state index contributed by atoms with van der Waals surface area (Å²) in [6.45, 7) is 7.54. The van der Waals surface area contributed by atoms with Gasteiger partial charge in [-0.2, -0.15) is 0 Å². The van der Waals surface area contributed by atoms with Gasteiger partial charge in [-0.15, -0.1) is 0 Å². The molecule has 8 heterocycles. The summed E-state index contributed by atoms with van der Waals surface area (Å²) in [6.07, 6.45) is 12.4. The summed E-state index contributed by atoms with van der Waals surface area (Å²) in [5, 5.41) is 1.38. The second-order valence-electron chi connectivity index (χ2n) is 14.3. The van der Waals surface area contributed by atoms with Gasteiger partial charge in [-0.3, -0.25) is 4.90 Å². The molecule has 1 spiro atoms. The first-order valence-electron chi connectivity index (χ1n) is 16.7. The van der Waals surface area contributed by atoms with E-state index in [2.05, 4.69) is 93.5 Å². The molecule has 6 atom stereocenters. The van der Waals surface area contributed by atoms with E-state index in [1.807, 2.05) is 0 Å². The van der Waals surface area contributed by atoms with Crippen molar-refractivity contribution in [3.8, 4) is 0 Å². The van der Waals surface area contributed by atoms with Crippen molar-refractivity contribution >= 4 is 22.3 Å². The zero-order valence-electron chi connectivity index (χ0n) is 24.9. The summed E-state index contributed by atoms with van der Waals surface area (Å²) < 4.78 is 7.06. The van der Waals surface area contributed by atoms with Crippen LogP contribution in [0, 0.1) is 11.8 Å². The van der Waals surface area contributed by atoms with Crippen molar-refractivity contribution in [2.75, 3.05) is 37.7 Å². The Balaban J connectivity index is 1.13. The van der Waals surface area contributed by atoms with E-state index in [1.165, 1.54) is 64.1 Å². The van der Waals surface area contributed by atoms with E-state index in [1.54, 1.807) is 16.7 Å². The maximum Gasteiger partial charge on any atom is 0.0903 e. The Morgan fingerprint density at radius 2 is 1.95 bits per heavy atom. The Morgan fingerprint density at radius 1 is 1.05 bits per heavy atom. The van der Waals surface area contributed by atoms with E-state index in [-0.39, 0.29) is 11.5 Å². The van der Waals surface area contributed by atoms with Gasteiger partial charge in [0.1, 0.15) is 0 Å². The molecule has 1 aliphatic carbocycles. The molecule has 7 aliphatic heterocycles. The van der Waals surface area contributed by atoms with Crippen LogP contribution in [0.15, 0.2) is 89.2 Å². The Kier molecular flexibility index (Phi) is 4.51. The molecule has 2 aromatic carbocycles. The average Bonchev–Trinajstić information content (AvgIpc) is 3.67. The summed E-state index contributed by atoms with van der Waals surface area (Å²) in [7, 11) is 0. The predicted octanol–water partition coefficient (Wildman–Crippen LogP) is 6.16. The Bertz CT molecular complexity index is 1870. The SMILES string of the molecule is CCC1=C(C2=CN3c4ccccc4C45CCN6CC7=CCOC2C(C7CC64)C35)C=C2c3[nH]c4ccccc4c3CCN2C1. The molecule has 3 aromatic rings. The van der Waals surface area contributed by atoms with Crippen molar-refractivity contribution in [3.05, 3.63) is 106 Å². The van der Waals surface area contributed by atoms with Gasteiger partial charge >= 0.3 is 0 Å². The lowest BCUT2D eigenvalue weighted by atomic mass is 9.53. The van der Waals surface area contributed by atoms with Crippen molar-refractivity contribution < 1.29 is 4.74 Å². The third kappa shape index (κ3) is 2.79. The van der Waals surface area contributed by atoms with Crippen LogP contribution in [0.5, 0.6) is 0 Å². The number of aromatic amines is 1. The van der Waals surface area contributed by atoms with Crippen LogP contribution < -0.4 is 4.90 Å². The fraction of sp³-hybridized carbons (Fsp3) is 0.421. The lowest BCUT2D eigenvalue weighted by molar-refractivity contribution is -0.0267. The number of rotatable bonds is 2. The van der Waals surface area contributed by atoms with Gasteiger partial charge in [-0.1, -0.05) is 55.0 Å². The second kappa shape index (κ2) is 8.13. The first-order valence-corrected chi connectivity index (χ1v) is 16.7. The number of benzene rings is 2. The number of ether oxygens (including phenoxy) is 1. The van der Waals surface area contributed by atoms with Crippen molar-refractivity contribution in [2.45, 2.75) is 56.2 Å². The highest BCUT2D eigenvalue weighted by Crippen LogP contribution is 2.66. The molecule has 6 unspecified atom stereocenters. The number of aromatic nitrogens is 1. The molecule has 1 aromatic heterocycles. The number of H-pyrrole nitrogens is 1. The smallest absolute Gasteiger partial charge is 0.0903 e. The summed E-state index contributed by atoms with van der Waals surface area (Å²) >= 11 is 0. The Labute approximate surface area is 253 Å². The Hall–Kier alpha value is -3.54. The minimum absolute atomic E-state index is 0.130. The summed E-state index contributed by atoms with van der Waals surface area (Å²) in [4.78, 5) is 12.1. The summed E-state index contributed by atoms with van der Waals surface area (Å²) in [5.74, 6) is 1.09. The molecular weight excluding hydrogens is 528 g/mol. The van der Waals surface area contributed by atoms with E-state index in [9.17, 15) is 0 Å². The second-order valence-corrected chi connectivity index (χ2v) is 14.3. The van der Waals surface area contributed by atoms with Gasteiger partial charge in [0, 0.05) is 65.4 Å². The highest BCUT2D eigenvalue weighted by Gasteiger charge is 2.69. The van der Waals surface area contributed by atoms with Crippen LogP contribution >= 0.6 is 0 Å². The minimum Gasteiger partial charge on any atom is -0.369 e. The number of fused-ring (bicyclic) bond motifs is 7. The molecule has 5 heteroatoms. The highest BCUT2D eigenvalue weighted by molar-refractivity contribution is 5.91. The van der Waals surface area contributed by atoms with Crippen molar-refractivity contribution in [1.29, 1.82) is 0 Å². The van der Waals surface area contributed by atoms with Crippen molar-refractivity contribution in [3.63, 3.8) is 0 Å². The largest absolute Gasteiger partial charge is 0.369 e. The number of anilines is 1. The fourth-order valence-corrected chi connectivity index (χ4v) is 11.3. The van der Waals surface area contributed by atoms with Crippen LogP contribution in [0.2, 0.25) is 0 Å². The van der Waals surface area contributed by atoms with E-state index < -0.39 is 0 Å². The average molecular weight is 567 g/mol.